The van der Waals surface area contributed by atoms with Crippen LogP contribution in [0.15, 0.2) is 40.9 Å². The van der Waals surface area contributed by atoms with Crippen molar-refractivity contribution in [2.45, 2.75) is 13.8 Å². The molecule has 2 aromatic rings. The first kappa shape index (κ1) is 13.5. The first-order valence-corrected chi connectivity index (χ1v) is 6.46. The zero-order valence-electron chi connectivity index (χ0n) is 10.5. The van der Waals surface area contributed by atoms with Gasteiger partial charge in [-0.1, -0.05) is 33.6 Å². The summed E-state index contributed by atoms with van der Waals surface area (Å²) in [6, 6.07) is 10.4. The Hall–Kier alpha value is -1.88. The van der Waals surface area contributed by atoms with E-state index in [1.807, 2.05) is 32.0 Å². The molecule has 0 atom stereocenters. The summed E-state index contributed by atoms with van der Waals surface area (Å²) in [5.41, 5.74) is 2.00. The van der Waals surface area contributed by atoms with Crippen LogP contribution in [0.1, 0.15) is 11.1 Å². The molecule has 0 unspecified atom stereocenters. The van der Waals surface area contributed by atoms with Crippen molar-refractivity contribution < 1.29 is 9.66 Å². The second kappa shape index (κ2) is 5.40. The predicted octanol–water partition coefficient (Wildman–Crippen LogP) is 4.77. The molecule has 0 fully saturated rings. The molecule has 5 heteroatoms. The summed E-state index contributed by atoms with van der Waals surface area (Å²) in [4.78, 5) is 10.6. The summed E-state index contributed by atoms with van der Waals surface area (Å²) in [5.74, 6) is 0.858. The fraction of sp³-hybridized carbons (Fsp3) is 0.143. The molecule has 0 heterocycles. The molecule has 0 N–H and O–H groups in total. The molecule has 0 aliphatic rings. The third kappa shape index (κ3) is 3.12. The van der Waals surface area contributed by atoms with Gasteiger partial charge in [0.05, 0.1) is 4.92 Å². The van der Waals surface area contributed by atoms with Crippen molar-refractivity contribution in [3.63, 3.8) is 0 Å². The van der Waals surface area contributed by atoms with Crippen molar-refractivity contribution in [2.24, 2.45) is 0 Å². The molecule has 0 amide bonds. The highest BCUT2D eigenvalue weighted by molar-refractivity contribution is 9.10. The summed E-state index contributed by atoms with van der Waals surface area (Å²) in [7, 11) is 0. The minimum Gasteiger partial charge on any atom is -0.450 e. The number of benzene rings is 2. The maximum Gasteiger partial charge on any atom is 0.312 e. The molecule has 0 aromatic heterocycles. The number of halogens is 1. The Morgan fingerprint density at radius 3 is 2.42 bits per heavy atom. The fourth-order valence-electron chi connectivity index (χ4n) is 1.75. The topological polar surface area (TPSA) is 52.4 Å². The summed E-state index contributed by atoms with van der Waals surface area (Å²) >= 11 is 3.21. The normalized spacial score (nSPS) is 10.3. The van der Waals surface area contributed by atoms with E-state index in [9.17, 15) is 10.1 Å². The number of nitrogens with zero attached hydrogens (tertiary/aromatic N) is 1. The third-order valence-corrected chi connectivity index (χ3v) is 3.16. The molecule has 98 valence electrons. The van der Waals surface area contributed by atoms with Crippen LogP contribution in [0.25, 0.3) is 0 Å². The predicted molar refractivity (Wildman–Crippen MR) is 76.8 cm³/mol. The Morgan fingerprint density at radius 2 is 1.79 bits per heavy atom. The van der Waals surface area contributed by atoms with Crippen molar-refractivity contribution in [1.29, 1.82) is 0 Å². The fourth-order valence-corrected chi connectivity index (χ4v) is 2.10. The number of nitro groups is 1. The highest BCUT2D eigenvalue weighted by Crippen LogP contribution is 2.34. The molecular formula is C14H12BrNO3. The van der Waals surface area contributed by atoms with Crippen molar-refractivity contribution in [3.8, 4) is 11.5 Å². The zero-order valence-corrected chi connectivity index (χ0v) is 12.1. The van der Waals surface area contributed by atoms with Crippen LogP contribution < -0.4 is 4.74 Å². The van der Waals surface area contributed by atoms with E-state index in [1.54, 1.807) is 12.1 Å². The summed E-state index contributed by atoms with van der Waals surface area (Å²) in [6.45, 7) is 3.89. The van der Waals surface area contributed by atoms with E-state index in [2.05, 4.69) is 15.9 Å². The number of hydrogen-bond acceptors (Lipinski definition) is 3. The lowest BCUT2D eigenvalue weighted by atomic mass is 10.1. The smallest absolute Gasteiger partial charge is 0.312 e. The van der Waals surface area contributed by atoms with Crippen LogP contribution in [0.3, 0.4) is 0 Å². The van der Waals surface area contributed by atoms with Gasteiger partial charge in [-0.2, -0.15) is 0 Å². The number of rotatable bonds is 3. The van der Waals surface area contributed by atoms with Crippen LogP contribution in [0.4, 0.5) is 5.69 Å². The van der Waals surface area contributed by atoms with E-state index in [4.69, 9.17) is 4.74 Å². The van der Waals surface area contributed by atoms with E-state index in [0.29, 0.717) is 10.2 Å². The first-order valence-electron chi connectivity index (χ1n) is 5.66. The maximum absolute atomic E-state index is 11.0. The van der Waals surface area contributed by atoms with Gasteiger partial charge in [0.1, 0.15) is 5.75 Å². The van der Waals surface area contributed by atoms with Crippen molar-refractivity contribution in [2.75, 3.05) is 0 Å². The number of aryl methyl sites for hydroxylation is 2. The van der Waals surface area contributed by atoms with Crippen LogP contribution in [0.2, 0.25) is 0 Å². The molecule has 0 bridgehead atoms. The average Bonchev–Trinajstić information content (AvgIpc) is 2.34. The molecule has 19 heavy (non-hydrogen) atoms. The van der Waals surface area contributed by atoms with Crippen molar-refractivity contribution in [3.05, 3.63) is 62.1 Å². The van der Waals surface area contributed by atoms with Gasteiger partial charge in [0.25, 0.3) is 0 Å². The standard InChI is InChI=1S/C14H12BrNO3/c1-9-3-5-13(10(2)7-9)19-14-6-4-11(15)8-12(14)16(17)18/h3-8H,1-2H3. The summed E-state index contributed by atoms with van der Waals surface area (Å²) in [5, 5.41) is 11.0. The molecule has 0 radical (unpaired) electrons. The monoisotopic (exact) mass is 321 g/mol. The Morgan fingerprint density at radius 1 is 1.11 bits per heavy atom. The third-order valence-electron chi connectivity index (χ3n) is 2.67. The Balaban J connectivity index is 2.40. The molecular weight excluding hydrogens is 310 g/mol. The van der Waals surface area contributed by atoms with Crippen LogP contribution in [-0.2, 0) is 0 Å². The zero-order chi connectivity index (χ0) is 14.0. The lowest BCUT2D eigenvalue weighted by Gasteiger charge is -2.09. The summed E-state index contributed by atoms with van der Waals surface area (Å²) < 4.78 is 6.29. The van der Waals surface area contributed by atoms with Gasteiger partial charge in [0.15, 0.2) is 0 Å². The Labute approximate surface area is 119 Å². The molecule has 2 aromatic carbocycles. The van der Waals surface area contributed by atoms with E-state index in [1.165, 1.54) is 6.07 Å². The largest absolute Gasteiger partial charge is 0.450 e. The van der Waals surface area contributed by atoms with E-state index in [0.717, 1.165) is 11.1 Å². The van der Waals surface area contributed by atoms with Gasteiger partial charge in [0.2, 0.25) is 5.75 Å². The van der Waals surface area contributed by atoms with E-state index in [-0.39, 0.29) is 11.4 Å². The molecule has 0 aliphatic carbocycles. The Bertz CT molecular complexity index is 641. The van der Waals surface area contributed by atoms with Gasteiger partial charge in [0, 0.05) is 10.5 Å². The lowest BCUT2D eigenvalue weighted by Crippen LogP contribution is -1.94. The van der Waals surface area contributed by atoms with Gasteiger partial charge in [-0.05, 0) is 37.6 Å². The molecule has 4 nitrogen and oxygen atoms in total. The minimum atomic E-state index is -0.455. The highest BCUT2D eigenvalue weighted by atomic mass is 79.9. The molecule has 0 aliphatic heterocycles. The minimum absolute atomic E-state index is 0.0608. The van der Waals surface area contributed by atoms with Crippen LogP contribution in [0, 0.1) is 24.0 Å². The van der Waals surface area contributed by atoms with Gasteiger partial charge in [-0.25, -0.2) is 0 Å². The van der Waals surface area contributed by atoms with Gasteiger partial charge >= 0.3 is 5.69 Å². The van der Waals surface area contributed by atoms with Crippen LogP contribution in [-0.4, -0.2) is 4.92 Å². The Kier molecular flexibility index (Phi) is 3.85. The number of ether oxygens (including phenoxy) is 1. The van der Waals surface area contributed by atoms with Crippen LogP contribution in [0.5, 0.6) is 11.5 Å². The van der Waals surface area contributed by atoms with Crippen molar-refractivity contribution in [1.82, 2.24) is 0 Å². The number of hydrogen-bond donors (Lipinski definition) is 0. The number of nitro benzene ring substituents is 1. The lowest BCUT2D eigenvalue weighted by molar-refractivity contribution is -0.385. The summed E-state index contributed by atoms with van der Waals surface area (Å²) in [6.07, 6.45) is 0. The van der Waals surface area contributed by atoms with Gasteiger partial charge in [-0.15, -0.1) is 0 Å². The molecule has 0 saturated carbocycles. The highest BCUT2D eigenvalue weighted by Gasteiger charge is 2.16. The van der Waals surface area contributed by atoms with Crippen LogP contribution >= 0.6 is 15.9 Å². The van der Waals surface area contributed by atoms with Gasteiger partial charge in [-0.3, -0.25) is 10.1 Å². The molecule has 0 spiro atoms. The maximum atomic E-state index is 11.0. The SMILES string of the molecule is Cc1ccc(Oc2ccc(Br)cc2[N+](=O)[O-])c(C)c1. The van der Waals surface area contributed by atoms with Gasteiger partial charge < -0.3 is 4.74 Å². The van der Waals surface area contributed by atoms with E-state index < -0.39 is 4.92 Å². The molecule has 2 rings (SSSR count). The average molecular weight is 322 g/mol. The molecule has 0 saturated heterocycles. The quantitative estimate of drug-likeness (QED) is 0.604. The second-order valence-electron chi connectivity index (χ2n) is 4.24. The second-order valence-corrected chi connectivity index (χ2v) is 5.16. The first-order chi connectivity index (χ1) is 8.97. The van der Waals surface area contributed by atoms with E-state index >= 15 is 0 Å². The van der Waals surface area contributed by atoms with Crippen molar-refractivity contribution >= 4 is 21.6 Å².